The number of hydrogen-bond acceptors (Lipinski definition) is 4. The molecule has 5 nitrogen and oxygen atoms in total. The average Bonchev–Trinajstić information content (AvgIpc) is 3.46. The molecular weight excluding hydrogens is 376 g/mol. The third-order valence-corrected chi connectivity index (χ3v) is 7.39. The van der Waals surface area contributed by atoms with Gasteiger partial charge in [-0.3, -0.25) is 9.69 Å². The highest BCUT2D eigenvalue weighted by Crippen LogP contribution is 2.38. The van der Waals surface area contributed by atoms with Gasteiger partial charge < -0.3 is 14.0 Å². The predicted molar refractivity (Wildman–Crippen MR) is 118 cm³/mol. The van der Waals surface area contributed by atoms with Crippen molar-refractivity contribution in [2.75, 3.05) is 20.3 Å². The van der Waals surface area contributed by atoms with E-state index in [-0.39, 0.29) is 5.78 Å². The van der Waals surface area contributed by atoms with E-state index in [9.17, 15) is 4.79 Å². The van der Waals surface area contributed by atoms with Crippen molar-refractivity contribution in [3.63, 3.8) is 0 Å². The molecule has 162 valence electrons. The lowest BCUT2D eigenvalue weighted by Crippen LogP contribution is -2.46. The molecule has 0 radical (unpaired) electrons. The number of Topliss-reactive ketones (excluding diaryl/α,β-unsaturated/α-hetero) is 1. The molecule has 1 aromatic heterocycles. The maximum atomic E-state index is 12.2. The van der Waals surface area contributed by atoms with E-state index in [1.54, 1.807) is 14.0 Å². The maximum absolute atomic E-state index is 12.2. The third kappa shape index (κ3) is 3.90. The van der Waals surface area contributed by atoms with E-state index in [4.69, 9.17) is 9.47 Å². The molecule has 2 unspecified atom stereocenters. The van der Waals surface area contributed by atoms with Gasteiger partial charge in [-0.25, -0.2) is 0 Å². The quantitative estimate of drug-likeness (QED) is 0.564. The summed E-state index contributed by atoms with van der Waals surface area (Å²) in [6.07, 6.45) is 11.4. The Labute approximate surface area is 179 Å². The number of benzene rings is 1. The van der Waals surface area contributed by atoms with Gasteiger partial charge in [0.15, 0.2) is 5.78 Å². The van der Waals surface area contributed by atoms with Crippen molar-refractivity contribution in [3.05, 3.63) is 30.0 Å². The van der Waals surface area contributed by atoms with Gasteiger partial charge in [0.05, 0.1) is 24.1 Å². The highest BCUT2D eigenvalue weighted by atomic mass is 16.5. The molecule has 2 aliphatic heterocycles. The number of fused-ring (bicyclic) bond motifs is 3. The monoisotopic (exact) mass is 410 g/mol. The fraction of sp³-hybridized carbons (Fsp3) is 0.640. The van der Waals surface area contributed by atoms with E-state index in [0.717, 1.165) is 54.3 Å². The molecule has 3 aliphatic rings. The molecule has 1 aliphatic carbocycles. The first-order chi connectivity index (χ1) is 14.6. The Morgan fingerprint density at radius 1 is 1.10 bits per heavy atom. The van der Waals surface area contributed by atoms with E-state index in [0.29, 0.717) is 18.2 Å². The van der Waals surface area contributed by atoms with E-state index in [1.165, 1.54) is 38.5 Å². The van der Waals surface area contributed by atoms with Crippen molar-refractivity contribution in [3.8, 4) is 5.75 Å². The normalized spacial score (nSPS) is 26.4. The summed E-state index contributed by atoms with van der Waals surface area (Å²) in [7, 11) is 1.67. The summed E-state index contributed by atoms with van der Waals surface area (Å²) in [5, 5.41) is 0.946. The number of carbonyl (C=O) groups excluding carboxylic acids is 1. The van der Waals surface area contributed by atoms with Gasteiger partial charge in [-0.05, 0) is 69.9 Å². The van der Waals surface area contributed by atoms with E-state index in [1.807, 2.05) is 18.3 Å². The highest BCUT2D eigenvalue weighted by Gasteiger charge is 2.41. The first-order valence-electron chi connectivity index (χ1n) is 11.7. The van der Waals surface area contributed by atoms with Crippen molar-refractivity contribution in [2.45, 2.75) is 76.6 Å². The molecule has 30 heavy (non-hydrogen) atoms. The molecule has 5 heteroatoms. The van der Waals surface area contributed by atoms with Gasteiger partial charge in [-0.1, -0.05) is 6.07 Å². The van der Waals surface area contributed by atoms with Gasteiger partial charge in [-0.15, -0.1) is 0 Å². The predicted octanol–water partition coefficient (Wildman–Crippen LogP) is 4.66. The number of nitrogens with zero attached hydrogens (tertiary/aromatic N) is 2. The molecule has 3 heterocycles. The fourth-order valence-corrected chi connectivity index (χ4v) is 5.65. The minimum absolute atomic E-state index is 0.0922. The Kier molecular flexibility index (Phi) is 5.59. The molecule has 2 atom stereocenters. The highest BCUT2D eigenvalue weighted by molar-refractivity contribution is 6.09. The van der Waals surface area contributed by atoms with Crippen molar-refractivity contribution >= 4 is 16.7 Å². The topological polar surface area (TPSA) is 43.7 Å². The first kappa shape index (κ1) is 20.1. The Hall–Kier alpha value is -1.85. The standard InChI is InChI=1S/C25H34N2O3/c1-17(28)22-15-26(23-5-3-6-24(29-2)25(22)23)11-4-12-27-19-9-10-20(27)14-21(13-19)30-16-18-7-8-18/h3,5-6,15,18-21H,4,7-14,16H2,1-2H3. The smallest absolute Gasteiger partial charge is 0.162 e. The average molecular weight is 411 g/mol. The third-order valence-electron chi connectivity index (χ3n) is 7.39. The first-order valence-corrected chi connectivity index (χ1v) is 11.7. The summed E-state index contributed by atoms with van der Waals surface area (Å²) in [6.45, 7) is 4.68. The summed E-state index contributed by atoms with van der Waals surface area (Å²) in [5.74, 6) is 1.73. The van der Waals surface area contributed by atoms with E-state index in [2.05, 4.69) is 15.5 Å². The fourth-order valence-electron chi connectivity index (χ4n) is 5.65. The second-order valence-electron chi connectivity index (χ2n) is 9.49. The summed E-state index contributed by atoms with van der Waals surface area (Å²) in [6, 6.07) is 7.43. The van der Waals surface area contributed by atoms with Crippen molar-refractivity contribution in [2.24, 2.45) is 5.92 Å². The molecule has 1 aromatic carbocycles. The zero-order valence-electron chi connectivity index (χ0n) is 18.3. The van der Waals surface area contributed by atoms with Gasteiger partial charge in [0.25, 0.3) is 0 Å². The number of carbonyl (C=O) groups is 1. The number of piperidine rings is 1. The van der Waals surface area contributed by atoms with Crippen LogP contribution in [0, 0.1) is 5.92 Å². The van der Waals surface area contributed by atoms with Crippen molar-refractivity contribution in [1.82, 2.24) is 9.47 Å². The van der Waals surface area contributed by atoms with Gasteiger partial charge in [0, 0.05) is 43.5 Å². The largest absolute Gasteiger partial charge is 0.496 e. The van der Waals surface area contributed by atoms with Crippen LogP contribution in [0.25, 0.3) is 10.9 Å². The zero-order valence-corrected chi connectivity index (χ0v) is 18.3. The number of rotatable bonds is 9. The molecule has 5 rings (SSSR count). The summed E-state index contributed by atoms with van der Waals surface area (Å²) >= 11 is 0. The zero-order chi connectivity index (χ0) is 20.7. The van der Waals surface area contributed by atoms with Gasteiger partial charge in [0.2, 0.25) is 0 Å². The van der Waals surface area contributed by atoms with Gasteiger partial charge >= 0.3 is 0 Å². The Morgan fingerprint density at radius 3 is 2.53 bits per heavy atom. The lowest BCUT2D eigenvalue weighted by atomic mass is 9.99. The van der Waals surface area contributed by atoms with Crippen LogP contribution in [-0.4, -0.2) is 53.7 Å². The number of methoxy groups -OCH3 is 1. The molecule has 2 saturated heterocycles. The number of ether oxygens (including phenoxy) is 2. The second kappa shape index (κ2) is 8.35. The van der Waals surface area contributed by atoms with Crippen LogP contribution in [0.15, 0.2) is 24.4 Å². The number of ketones is 1. The van der Waals surface area contributed by atoms with Crippen LogP contribution in [0.1, 0.15) is 62.2 Å². The minimum atomic E-state index is 0.0922. The van der Waals surface area contributed by atoms with E-state index >= 15 is 0 Å². The second-order valence-corrected chi connectivity index (χ2v) is 9.49. The van der Waals surface area contributed by atoms with E-state index < -0.39 is 0 Å². The lowest BCUT2D eigenvalue weighted by Gasteiger charge is -2.39. The van der Waals surface area contributed by atoms with Gasteiger partial charge in [-0.2, -0.15) is 0 Å². The van der Waals surface area contributed by atoms with Crippen molar-refractivity contribution in [1.29, 1.82) is 0 Å². The van der Waals surface area contributed by atoms with Crippen LogP contribution >= 0.6 is 0 Å². The van der Waals surface area contributed by atoms with Crippen LogP contribution in [0.2, 0.25) is 0 Å². The number of hydrogen-bond donors (Lipinski definition) is 0. The SMILES string of the molecule is COc1cccc2c1c(C(C)=O)cn2CCCN1C2CCC1CC(OCC1CC1)C2. The Bertz CT molecular complexity index is 902. The van der Waals surface area contributed by atoms with Crippen molar-refractivity contribution < 1.29 is 14.3 Å². The number of aryl methyl sites for hydroxylation is 1. The molecular formula is C25H34N2O3. The summed E-state index contributed by atoms with van der Waals surface area (Å²) in [5.41, 5.74) is 1.85. The Balaban J connectivity index is 1.22. The molecule has 2 aromatic rings. The Morgan fingerprint density at radius 2 is 1.87 bits per heavy atom. The maximum Gasteiger partial charge on any atom is 0.162 e. The molecule has 0 amide bonds. The van der Waals surface area contributed by atoms with Crippen LogP contribution in [0.3, 0.4) is 0 Å². The molecule has 1 saturated carbocycles. The van der Waals surface area contributed by atoms with Crippen LogP contribution in [-0.2, 0) is 11.3 Å². The van der Waals surface area contributed by atoms with Gasteiger partial charge in [0.1, 0.15) is 5.75 Å². The molecule has 0 spiro atoms. The van der Waals surface area contributed by atoms with Crippen LogP contribution in [0.5, 0.6) is 5.75 Å². The summed E-state index contributed by atoms with van der Waals surface area (Å²) < 4.78 is 14.0. The minimum Gasteiger partial charge on any atom is -0.496 e. The number of aromatic nitrogens is 1. The molecule has 2 bridgehead atoms. The molecule has 0 N–H and O–H groups in total. The van der Waals surface area contributed by atoms with Crippen LogP contribution in [0.4, 0.5) is 0 Å². The van der Waals surface area contributed by atoms with Crippen LogP contribution < -0.4 is 4.74 Å². The summed E-state index contributed by atoms with van der Waals surface area (Å²) in [4.78, 5) is 14.9. The molecule has 3 fully saturated rings. The lowest BCUT2D eigenvalue weighted by molar-refractivity contribution is -0.0241.